The van der Waals surface area contributed by atoms with E-state index in [1.807, 2.05) is 29.2 Å². The Morgan fingerprint density at radius 1 is 1.09 bits per heavy atom. The number of carbonyl (C=O) groups is 1. The van der Waals surface area contributed by atoms with Crippen LogP contribution in [-0.4, -0.2) is 32.9 Å². The molecular formula is C26H24N4O4. The molecule has 1 atom stereocenters. The molecule has 1 aliphatic carbocycles. The fourth-order valence-electron chi connectivity index (χ4n) is 5.07. The van der Waals surface area contributed by atoms with E-state index in [2.05, 4.69) is 11.1 Å². The summed E-state index contributed by atoms with van der Waals surface area (Å²) in [5.41, 5.74) is 10.4. The van der Waals surface area contributed by atoms with Crippen LogP contribution < -0.4 is 24.8 Å². The van der Waals surface area contributed by atoms with Crippen LogP contribution in [0.1, 0.15) is 36.3 Å². The van der Waals surface area contributed by atoms with Crippen LogP contribution in [0.3, 0.4) is 0 Å². The molecule has 0 saturated heterocycles. The summed E-state index contributed by atoms with van der Waals surface area (Å²) in [5.74, 6) is 1.51. The summed E-state index contributed by atoms with van der Waals surface area (Å²) < 4.78 is 16.6. The SMILES string of the molecule is COc1cc(C2C(C#N)=C3N=C(N)c4ccccc4N3C3=C2C(=O)CCC3)cc(OC)c1OC. The van der Waals surface area contributed by atoms with E-state index >= 15 is 0 Å². The normalized spacial score (nSPS) is 19.0. The number of amidine groups is 1. The number of para-hydroxylation sites is 1. The highest BCUT2D eigenvalue weighted by Crippen LogP contribution is 2.51. The number of ketones is 1. The summed E-state index contributed by atoms with van der Waals surface area (Å²) in [6, 6.07) is 13.6. The Morgan fingerprint density at radius 2 is 1.79 bits per heavy atom. The maximum atomic E-state index is 13.4. The Labute approximate surface area is 197 Å². The number of methoxy groups -OCH3 is 3. The highest BCUT2D eigenvalue weighted by molar-refractivity contribution is 6.08. The third-order valence-electron chi connectivity index (χ3n) is 6.52. The molecule has 0 aromatic heterocycles. The van der Waals surface area contributed by atoms with E-state index in [1.165, 1.54) is 21.3 Å². The second-order valence-corrected chi connectivity index (χ2v) is 8.23. The average Bonchev–Trinajstić information content (AvgIpc) is 2.87. The Bertz CT molecular complexity index is 1320. The van der Waals surface area contributed by atoms with Gasteiger partial charge in [0.1, 0.15) is 5.84 Å². The van der Waals surface area contributed by atoms with Gasteiger partial charge in [-0.15, -0.1) is 0 Å². The van der Waals surface area contributed by atoms with E-state index in [9.17, 15) is 10.1 Å². The molecule has 0 spiro atoms. The van der Waals surface area contributed by atoms with Crippen LogP contribution in [0.15, 0.2) is 64.1 Å². The van der Waals surface area contributed by atoms with Crippen LogP contribution in [0, 0.1) is 11.3 Å². The van der Waals surface area contributed by atoms with Crippen molar-refractivity contribution in [1.29, 1.82) is 5.26 Å². The molecule has 0 saturated carbocycles. The average molecular weight is 457 g/mol. The summed E-state index contributed by atoms with van der Waals surface area (Å²) in [5, 5.41) is 10.4. The number of carbonyl (C=O) groups excluding carboxylic acids is 1. The molecule has 0 bridgehead atoms. The third kappa shape index (κ3) is 3.05. The van der Waals surface area contributed by atoms with Crippen molar-refractivity contribution >= 4 is 17.3 Å². The molecule has 172 valence electrons. The number of benzene rings is 2. The second kappa shape index (κ2) is 8.27. The Kier molecular flexibility index (Phi) is 5.25. The second-order valence-electron chi connectivity index (χ2n) is 8.23. The van der Waals surface area contributed by atoms with Crippen LogP contribution in [0.2, 0.25) is 0 Å². The van der Waals surface area contributed by atoms with Crippen LogP contribution in [0.4, 0.5) is 5.69 Å². The largest absolute Gasteiger partial charge is 0.493 e. The van der Waals surface area contributed by atoms with E-state index in [-0.39, 0.29) is 5.78 Å². The minimum Gasteiger partial charge on any atom is -0.493 e. The molecule has 5 rings (SSSR count). The van der Waals surface area contributed by atoms with Gasteiger partial charge in [-0.05, 0) is 42.7 Å². The van der Waals surface area contributed by atoms with E-state index < -0.39 is 5.92 Å². The van der Waals surface area contributed by atoms with E-state index in [0.29, 0.717) is 58.5 Å². The first-order valence-corrected chi connectivity index (χ1v) is 11.0. The summed E-state index contributed by atoms with van der Waals surface area (Å²) >= 11 is 0. The predicted molar refractivity (Wildman–Crippen MR) is 127 cm³/mol. The fraction of sp³-hybridized carbons (Fsp3) is 0.269. The molecular weight excluding hydrogens is 432 g/mol. The third-order valence-corrected chi connectivity index (χ3v) is 6.52. The van der Waals surface area contributed by atoms with Crippen molar-refractivity contribution in [3.63, 3.8) is 0 Å². The molecule has 0 radical (unpaired) electrons. The number of hydrogen-bond acceptors (Lipinski definition) is 8. The molecule has 1 unspecified atom stereocenters. The van der Waals surface area contributed by atoms with Crippen molar-refractivity contribution in [3.8, 4) is 23.3 Å². The van der Waals surface area contributed by atoms with Gasteiger partial charge in [-0.2, -0.15) is 5.26 Å². The molecule has 2 aliphatic heterocycles. The quantitative estimate of drug-likeness (QED) is 0.745. The number of ether oxygens (including phenoxy) is 3. The zero-order valence-electron chi connectivity index (χ0n) is 19.2. The lowest BCUT2D eigenvalue weighted by atomic mass is 9.75. The van der Waals surface area contributed by atoms with Gasteiger partial charge in [-0.25, -0.2) is 4.99 Å². The lowest BCUT2D eigenvalue weighted by molar-refractivity contribution is -0.116. The number of nitrogens with two attached hydrogens (primary N) is 1. The van der Waals surface area contributed by atoms with Gasteiger partial charge in [0.2, 0.25) is 5.75 Å². The predicted octanol–water partition coefficient (Wildman–Crippen LogP) is 3.78. The van der Waals surface area contributed by atoms with Gasteiger partial charge in [0, 0.05) is 23.3 Å². The van der Waals surface area contributed by atoms with Crippen LogP contribution >= 0.6 is 0 Å². The van der Waals surface area contributed by atoms with Crippen molar-refractivity contribution in [2.75, 3.05) is 26.2 Å². The van der Waals surface area contributed by atoms with E-state index in [4.69, 9.17) is 19.9 Å². The molecule has 2 aromatic carbocycles. The number of fused-ring (bicyclic) bond motifs is 4. The zero-order chi connectivity index (χ0) is 24.0. The first kappa shape index (κ1) is 21.6. The van der Waals surface area contributed by atoms with Crippen molar-refractivity contribution in [2.24, 2.45) is 10.7 Å². The molecule has 8 nitrogen and oxygen atoms in total. The minimum absolute atomic E-state index is 0.0202. The topological polar surface area (TPSA) is 110 Å². The van der Waals surface area contributed by atoms with Crippen molar-refractivity contribution in [3.05, 3.63) is 70.2 Å². The van der Waals surface area contributed by atoms with Crippen molar-refractivity contribution < 1.29 is 19.0 Å². The first-order chi connectivity index (χ1) is 16.5. The fourth-order valence-corrected chi connectivity index (χ4v) is 5.07. The number of nitrogens with zero attached hydrogens (tertiary/aromatic N) is 3. The van der Waals surface area contributed by atoms with Gasteiger partial charge in [0.05, 0.1) is 44.6 Å². The van der Waals surface area contributed by atoms with Crippen LogP contribution in [0.25, 0.3) is 0 Å². The van der Waals surface area contributed by atoms with Crippen LogP contribution in [0.5, 0.6) is 17.2 Å². The highest BCUT2D eigenvalue weighted by atomic mass is 16.5. The lowest BCUT2D eigenvalue weighted by Gasteiger charge is -2.41. The summed E-state index contributed by atoms with van der Waals surface area (Å²) in [4.78, 5) is 20.0. The molecule has 34 heavy (non-hydrogen) atoms. The van der Waals surface area contributed by atoms with Gasteiger partial charge in [-0.3, -0.25) is 9.69 Å². The van der Waals surface area contributed by atoms with Crippen molar-refractivity contribution in [2.45, 2.75) is 25.2 Å². The summed E-state index contributed by atoms with van der Waals surface area (Å²) in [7, 11) is 4.60. The summed E-state index contributed by atoms with van der Waals surface area (Å²) in [6.07, 6.45) is 1.84. The first-order valence-electron chi connectivity index (χ1n) is 11.0. The zero-order valence-corrected chi connectivity index (χ0v) is 19.2. The maximum absolute atomic E-state index is 13.4. The molecule has 2 aromatic rings. The highest BCUT2D eigenvalue weighted by Gasteiger charge is 2.43. The summed E-state index contributed by atoms with van der Waals surface area (Å²) in [6.45, 7) is 0. The molecule has 0 amide bonds. The lowest BCUT2D eigenvalue weighted by Crippen LogP contribution is -2.39. The molecule has 8 heteroatoms. The van der Waals surface area contributed by atoms with Gasteiger partial charge >= 0.3 is 0 Å². The molecule has 2 N–H and O–H groups in total. The molecule has 3 aliphatic rings. The van der Waals surface area contributed by atoms with Gasteiger partial charge in [0.15, 0.2) is 23.1 Å². The smallest absolute Gasteiger partial charge is 0.203 e. The Hall–Kier alpha value is -4.25. The van der Waals surface area contributed by atoms with E-state index in [1.54, 1.807) is 12.1 Å². The minimum atomic E-state index is -0.630. The standard InChI is InChI=1S/C26H24N4O4/c1-32-20-11-14(12-21(33-2)24(20)34-3)22-16(13-27)26-29-25(28)15-7-4-5-8-17(15)30(26)18-9-6-10-19(31)23(18)22/h4-5,7-8,11-12,22H,6,9-10H2,1-3H3,(H2,28,29). The Morgan fingerprint density at radius 3 is 2.44 bits per heavy atom. The molecule has 2 heterocycles. The number of rotatable bonds is 4. The van der Waals surface area contributed by atoms with Gasteiger partial charge < -0.3 is 19.9 Å². The number of hydrogen-bond donors (Lipinski definition) is 1. The van der Waals surface area contributed by atoms with E-state index in [0.717, 1.165) is 23.4 Å². The van der Waals surface area contributed by atoms with Gasteiger partial charge in [-0.1, -0.05) is 12.1 Å². The number of anilines is 1. The monoisotopic (exact) mass is 456 g/mol. The Balaban J connectivity index is 1.83. The maximum Gasteiger partial charge on any atom is 0.203 e. The number of allylic oxidation sites excluding steroid dienone is 3. The number of nitriles is 1. The number of Topliss-reactive ketones (excluding diaryl/α,β-unsaturated/α-hetero) is 1. The van der Waals surface area contributed by atoms with Crippen LogP contribution in [-0.2, 0) is 4.79 Å². The molecule has 0 fully saturated rings. The van der Waals surface area contributed by atoms with Crippen molar-refractivity contribution in [1.82, 2.24) is 0 Å². The van der Waals surface area contributed by atoms with Gasteiger partial charge in [0.25, 0.3) is 0 Å². The number of aliphatic imine (C=N–C) groups is 1.